The summed E-state index contributed by atoms with van der Waals surface area (Å²) >= 11 is 0. The molecule has 3 fully saturated rings. The van der Waals surface area contributed by atoms with Crippen LogP contribution in [0.25, 0.3) is 0 Å². The monoisotopic (exact) mass is 372 g/mol. The van der Waals surface area contributed by atoms with E-state index in [2.05, 4.69) is 34.5 Å². The minimum Gasteiger partial charge on any atom is -0.381 e. The summed E-state index contributed by atoms with van der Waals surface area (Å²) in [6.45, 7) is 4.36. The van der Waals surface area contributed by atoms with Crippen LogP contribution < -0.4 is 5.32 Å². The van der Waals surface area contributed by atoms with Crippen molar-refractivity contribution in [3.8, 4) is 0 Å². The molecule has 1 amide bonds. The maximum atomic E-state index is 12.9. The number of morpholine rings is 1. The van der Waals surface area contributed by atoms with Crippen LogP contribution in [-0.2, 0) is 14.3 Å². The zero-order valence-electron chi connectivity index (χ0n) is 16.2. The number of carbonyl (C=O) groups excluding carboxylic acids is 1. The first-order chi connectivity index (χ1) is 13.2. The number of amides is 1. The molecule has 1 spiro atoms. The van der Waals surface area contributed by atoms with Crippen LogP contribution in [0.15, 0.2) is 30.3 Å². The molecule has 2 aliphatic heterocycles. The van der Waals surface area contributed by atoms with E-state index in [1.54, 1.807) is 0 Å². The normalized spacial score (nSPS) is 24.7. The van der Waals surface area contributed by atoms with Gasteiger partial charge in [-0.2, -0.15) is 0 Å². The molecule has 1 aromatic rings. The van der Waals surface area contributed by atoms with Crippen LogP contribution in [0.5, 0.6) is 0 Å². The molecule has 5 nitrogen and oxygen atoms in total. The first-order valence-electron chi connectivity index (χ1n) is 10.5. The Morgan fingerprint density at radius 3 is 2.63 bits per heavy atom. The molecule has 1 aliphatic carbocycles. The van der Waals surface area contributed by atoms with Gasteiger partial charge in [0, 0.05) is 39.1 Å². The van der Waals surface area contributed by atoms with Gasteiger partial charge < -0.3 is 14.8 Å². The maximum absolute atomic E-state index is 12.9. The molecule has 148 valence electrons. The fraction of sp³-hybridized carbons (Fsp3) is 0.682. The molecule has 2 saturated heterocycles. The summed E-state index contributed by atoms with van der Waals surface area (Å²) in [7, 11) is 0. The topological polar surface area (TPSA) is 50.8 Å². The van der Waals surface area contributed by atoms with E-state index in [0.717, 1.165) is 39.1 Å². The molecule has 1 unspecified atom stereocenters. The number of hydrogen-bond acceptors (Lipinski definition) is 4. The molecular weight excluding hydrogens is 340 g/mol. The fourth-order valence-electron chi connectivity index (χ4n) is 4.95. The van der Waals surface area contributed by atoms with Crippen LogP contribution in [-0.4, -0.2) is 55.9 Å². The van der Waals surface area contributed by atoms with E-state index in [9.17, 15) is 4.79 Å². The van der Waals surface area contributed by atoms with Gasteiger partial charge in [-0.1, -0.05) is 43.2 Å². The van der Waals surface area contributed by atoms with Crippen molar-refractivity contribution in [2.24, 2.45) is 5.92 Å². The van der Waals surface area contributed by atoms with Gasteiger partial charge in [0.05, 0.1) is 24.8 Å². The predicted octanol–water partition coefficient (Wildman–Crippen LogP) is 2.92. The Bertz CT molecular complexity index is 604. The van der Waals surface area contributed by atoms with Crippen molar-refractivity contribution in [1.82, 2.24) is 10.2 Å². The van der Waals surface area contributed by atoms with Crippen molar-refractivity contribution in [3.63, 3.8) is 0 Å². The Labute approximate surface area is 162 Å². The van der Waals surface area contributed by atoms with Crippen molar-refractivity contribution in [3.05, 3.63) is 35.9 Å². The van der Waals surface area contributed by atoms with Crippen molar-refractivity contribution < 1.29 is 14.3 Å². The van der Waals surface area contributed by atoms with E-state index in [1.165, 1.54) is 31.2 Å². The third kappa shape index (κ3) is 4.71. The Hall–Kier alpha value is -1.43. The molecule has 27 heavy (non-hydrogen) atoms. The zero-order valence-corrected chi connectivity index (χ0v) is 16.2. The maximum Gasteiger partial charge on any atom is 0.234 e. The number of nitrogens with one attached hydrogen (secondary N) is 1. The fourth-order valence-corrected chi connectivity index (χ4v) is 4.95. The standard InChI is InChI=1S/C22H32N2O3/c25-20(16-24-12-15-27-22(17-24)10-13-26-14-11-22)23-21(19-8-4-5-9-19)18-6-2-1-3-7-18/h1-3,6-7,19,21H,4-5,8-17H2,(H,23,25). The highest BCUT2D eigenvalue weighted by molar-refractivity contribution is 5.78. The lowest BCUT2D eigenvalue weighted by Gasteiger charge is -2.44. The lowest BCUT2D eigenvalue weighted by Crippen LogP contribution is -2.56. The van der Waals surface area contributed by atoms with Gasteiger partial charge in [0.1, 0.15) is 0 Å². The summed E-state index contributed by atoms with van der Waals surface area (Å²) in [5, 5.41) is 3.37. The van der Waals surface area contributed by atoms with Crippen molar-refractivity contribution in [1.29, 1.82) is 0 Å². The smallest absolute Gasteiger partial charge is 0.234 e. The number of benzene rings is 1. The van der Waals surface area contributed by atoms with Gasteiger partial charge in [0.2, 0.25) is 5.91 Å². The van der Waals surface area contributed by atoms with E-state index >= 15 is 0 Å². The number of nitrogens with zero attached hydrogens (tertiary/aromatic N) is 1. The highest BCUT2D eigenvalue weighted by Gasteiger charge is 2.39. The van der Waals surface area contributed by atoms with Crippen molar-refractivity contribution in [2.75, 3.05) is 39.5 Å². The molecule has 5 heteroatoms. The molecule has 1 N–H and O–H groups in total. The SMILES string of the molecule is O=C(CN1CCOC2(CCOCC2)C1)NC(c1ccccc1)C1CCCC1. The third-order valence-electron chi connectivity index (χ3n) is 6.45. The van der Waals surface area contributed by atoms with Crippen molar-refractivity contribution in [2.45, 2.75) is 50.2 Å². The van der Waals surface area contributed by atoms with E-state index in [4.69, 9.17) is 9.47 Å². The molecule has 0 aromatic heterocycles. The number of rotatable bonds is 5. The second-order valence-electron chi connectivity index (χ2n) is 8.35. The number of ether oxygens (including phenoxy) is 2. The molecule has 0 bridgehead atoms. The zero-order chi connectivity index (χ0) is 18.5. The van der Waals surface area contributed by atoms with Crippen LogP contribution in [0.1, 0.15) is 50.1 Å². The lowest BCUT2D eigenvalue weighted by atomic mass is 9.91. The molecule has 1 atom stereocenters. The molecule has 1 aromatic carbocycles. The van der Waals surface area contributed by atoms with E-state index in [0.29, 0.717) is 19.1 Å². The van der Waals surface area contributed by atoms with Gasteiger partial charge >= 0.3 is 0 Å². The van der Waals surface area contributed by atoms with Gasteiger partial charge in [-0.25, -0.2) is 0 Å². The van der Waals surface area contributed by atoms with Gasteiger partial charge in [-0.15, -0.1) is 0 Å². The average Bonchev–Trinajstić information content (AvgIpc) is 3.22. The highest BCUT2D eigenvalue weighted by atomic mass is 16.5. The summed E-state index contributed by atoms with van der Waals surface area (Å²) in [6, 6.07) is 10.6. The Morgan fingerprint density at radius 2 is 1.89 bits per heavy atom. The molecule has 3 aliphatic rings. The van der Waals surface area contributed by atoms with Gasteiger partial charge in [0.25, 0.3) is 0 Å². The van der Waals surface area contributed by atoms with Crippen molar-refractivity contribution >= 4 is 5.91 Å². The summed E-state index contributed by atoms with van der Waals surface area (Å²) in [5.41, 5.74) is 1.13. The summed E-state index contributed by atoms with van der Waals surface area (Å²) in [4.78, 5) is 15.2. The van der Waals surface area contributed by atoms with Crippen LogP contribution in [0.2, 0.25) is 0 Å². The summed E-state index contributed by atoms with van der Waals surface area (Å²) < 4.78 is 11.6. The minimum atomic E-state index is -0.110. The molecular formula is C22H32N2O3. The Morgan fingerprint density at radius 1 is 1.15 bits per heavy atom. The lowest BCUT2D eigenvalue weighted by molar-refractivity contribution is -0.156. The second kappa shape index (κ2) is 8.72. The minimum absolute atomic E-state index is 0.110. The Balaban J connectivity index is 1.38. The molecule has 2 heterocycles. The van der Waals surface area contributed by atoms with Crippen LogP contribution in [0, 0.1) is 5.92 Å². The van der Waals surface area contributed by atoms with Gasteiger partial charge in [0.15, 0.2) is 0 Å². The van der Waals surface area contributed by atoms with Crippen LogP contribution in [0.3, 0.4) is 0 Å². The quantitative estimate of drug-likeness (QED) is 0.863. The average molecular weight is 373 g/mol. The van der Waals surface area contributed by atoms with E-state index < -0.39 is 0 Å². The predicted molar refractivity (Wildman–Crippen MR) is 104 cm³/mol. The summed E-state index contributed by atoms with van der Waals surface area (Å²) in [5.74, 6) is 0.697. The number of hydrogen-bond donors (Lipinski definition) is 1. The number of carbonyl (C=O) groups is 1. The highest BCUT2D eigenvalue weighted by Crippen LogP contribution is 2.35. The molecule has 1 saturated carbocycles. The largest absolute Gasteiger partial charge is 0.381 e. The van der Waals surface area contributed by atoms with Crippen LogP contribution >= 0.6 is 0 Å². The van der Waals surface area contributed by atoms with Gasteiger partial charge in [-0.05, 0) is 24.3 Å². The second-order valence-corrected chi connectivity index (χ2v) is 8.35. The van der Waals surface area contributed by atoms with Crippen LogP contribution in [0.4, 0.5) is 0 Å². The first kappa shape index (κ1) is 18.9. The van der Waals surface area contributed by atoms with E-state index in [1.807, 2.05) is 6.07 Å². The van der Waals surface area contributed by atoms with Gasteiger partial charge in [-0.3, -0.25) is 9.69 Å². The summed E-state index contributed by atoms with van der Waals surface area (Å²) in [6.07, 6.45) is 6.83. The first-order valence-corrected chi connectivity index (χ1v) is 10.5. The Kier molecular flexibility index (Phi) is 6.11. The molecule has 0 radical (unpaired) electrons. The molecule has 4 rings (SSSR count). The van der Waals surface area contributed by atoms with E-state index in [-0.39, 0.29) is 17.6 Å². The third-order valence-corrected chi connectivity index (χ3v) is 6.45.